The summed E-state index contributed by atoms with van der Waals surface area (Å²) in [5.41, 5.74) is 2.94. The van der Waals surface area contributed by atoms with E-state index in [2.05, 4.69) is 26.2 Å². The van der Waals surface area contributed by atoms with Gasteiger partial charge < -0.3 is 26.2 Å². The molecule has 0 aromatic heterocycles. The largest absolute Gasteiger partial charge is 0.370 e. The van der Waals surface area contributed by atoms with Crippen molar-refractivity contribution in [3.63, 3.8) is 0 Å². The molecule has 0 saturated heterocycles. The van der Waals surface area contributed by atoms with Gasteiger partial charge in [0, 0.05) is 42.4 Å². The van der Waals surface area contributed by atoms with Gasteiger partial charge in [-0.15, -0.1) is 0 Å². The van der Waals surface area contributed by atoms with E-state index in [0.717, 1.165) is 5.69 Å². The first-order valence-electron chi connectivity index (χ1n) is 10.1. The average molecular weight is 418 g/mol. The SMILES string of the molecule is CC(CNC(=O)Nc1cccc(NC(=O)Nc2ccccc2)c1)N(C)c1ccccc1. The van der Waals surface area contributed by atoms with E-state index in [1.54, 1.807) is 36.4 Å². The number of hydrogen-bond donors (Lipinski definition) is 4. The van der Waals surface area contributed by atoms with Crippen molar-refractivity contribution in [2.45, 2.75) is 13.0 Å². The van der Waals surface area contributed by atoms with Gasteiger partial charge in [-0.1, -0.05) is 42.5 Å². The van der Waals surface area contributed by atoms with E-state index in [1.807, 2.05) is 62.5 Å². The Kier molecular flexibility index (Phi) is 7.48. The Bertz CT molecular complexity index is 995. The number of nitrogens with one attached hydrogen (secondary N) is 4. The lowest BCUT2D eigenvalue weighted by molar-refractivity contribution is 0.251. The predicted octanol–water partition coefficient (Wildman–Crippen LogP) is 4.98. The molecule has 0 fully saturated rings. The third-order valence-corrected chi connectivity index (χ3v) is 4.79. The summed E-state index contributed by atoms with van der Waals surface area (Å²) in [6.45, 7) is 2.53. The Morgan fingerprint density at radius 1 is 0.742 bits per heavy atom. The maximum atomic E-state index is 12.3. The molecule has 0 bridgehead atoms. The van der Waals surface area contributed by atoms with Crippen LogP contribution in [0.2, 0.25) is 0 Å². The molecular formula is C24H27N5O2. The summed E-state index contributed by atoms with van der Waals surface area (Å²) in [6.07, 6.45) is 0. The van der Waals surface area contributed by atoms with E-state index in [4.69, 9.17) is 0 Å². The van der Waals surface area contributed by atoms with Crippen LogP contribution in [0.4, 0.5) is 32.3 Å². The van der Waals surface area contributed by atoms with Crippen molar-refractivity contribution < 1.29 is 9.59 Å². The number of nitrogens with zero attached hydrogens (tertiary/aromatic N) is 1. The fraction of sp³-hybridized carbons (Fsp3) is 0.167. The van der Waals surface area contributed by atoms with Crippen LogP contribution in [0.1, 0.15) is 6.92 Å². The summed E-state index contributed by atoms with van der Waals surface area (Å²) in [5.74, 6) is 0. The van der Waals surface area contributed by atoms with Gasteiger partial charge in [-0.3, -0.25) is 0 Å². The van der Waals surface area contributed by atoms with Crippen LogP contribution in [0.25, 0.3) is 0 Å². The second kappa shape index (κ2) is 10.7. The molecule has 31 heavy (non-hydrogen) atoms. The fourth-order valence-electron chi connectivity index (χ4n) is 2.96. The first kappa shape index (κ1) is 21.7. The third kappa shape index (κ3) is 6.78. The number of anilines is 4. The minimum absolute atomic E-state index is 0.114. The van der Waals surface area contributed by atoms with E-state index in [-0.39, 0.29) is 18.1 Å². The van der Waals surface area contributed by atoms with Gasteiger partial charge in [-0.2, -0.15) is 0 Å². The first-order valence-corrected chi connectivity index (χ1v) is 10.1. The third-order valence-electron chi connectivity index (χ3n) is 4.79. The van der Waals surface area contributed by atoms with Crippen LogP contribution < -0.4 is 26.2 Å². The van der Waals surface area contributed by atoms with Gasteiger partial charge in [0.05, 0.1) is 0 Å². The van der Waals surface area contributed by atoms with Gasteiger partial charge in [0.25, 0.3) is 0 Å². The molecule has 1 unspecified atom stereocenters. The van der Waals surface area contributed by atoms with Crippen molar-refractivity contribution >= 4 is 34.8 Å². The van der Waals surface area contributed by atoms with Crippen molar-refractivity contribution in [1.29, 1.82) is 0 Å². The number of carbonyl (C=O) groups excluding carboxylic acids is 2. The zero-order valence-corrected chi connectivity index (χ0v) is 17.6. The monoisotopic (exact) mass is 417 g/mol. The number of hydrogen-bond acceptors (Lipinski definition) is 3. The zero-order chi connectivity index (χ0) is 22.1. The topological polar surface area (TPSA) is 85.5 Å². The molecule has 0 saturated carbocycles. The van der Waals surface area contributed by atoms with Crippen LogP contribution >= 0.6 is 0 Å². The van der Waals surface area contributed by atoms with Crippen LogP contribution in [-0.2, 0) is 0 Å². The molecule has 0 spiro atoms. The van der Waals surface area contributed by atoms with E-state index < -0.39 is 0 Å². The van der Waals surface area contributed by atoms with Crippen molar-refractivity contribution in [2.75, 3.05) is 34.4 Å². The normalized spacial score (nSPS) is 11.2. The Hall–Kier alpha value is -4.00. The summed E-state index contributed by atoms with van der Waals surface area (Å²) in [5, 5.41) is 11.2. The lowest BCUT2D eigenvalue weighted by Crippen LogP contribution is -2.41. The van der Waals surface area contributed by atoms with Crippen molar-refractivity contribution in [3.05, 3.63) is 84.9 Å². The lowest BCUT2D eigenvalue weighted by Gasteiger charge is -2.27. The van der Waals surface area contributed by atoms with Crippen LogP contribution in [0.15, 0.2) is 84.9 Å². The molecule has 0 aliphatic rings. The molecule has 3 aromatic rings. The van der Waals surface area contributed by atoms with Gasteiger partial charge >= 0.3 is 12.1 Å². The van der Waals surface area contributed by atoms with Gasteiger partial charge in [-0.25, -0.2) is 9.59 Å². The van der Waals surface area contributed by atoms with E-state index in [0.29, 0.717) is 23.6 Å². The summed E-state index contributed by atoms with van der Waals surface area (Å²) >= 11 is 0. The minimum Gasteiger partial charge on any atom is -0.370 e. The number of likely N-dealkylation sites (N-methyl/N-ethyl adjacent to an activating group) is 1. The highest BCUT2D eigenvalue weighted by molar-refractivity contribution is 6.00. The maximum absolute atomic E-state index is 12.3. The molecule has 0 heterocycles. The number of rotatable bonds is 7. The second-order valence-electron chi connectivity index (χ2n) is 7.16. The molecule has 160 valence electrons. The summed E-state index contributed by atoms with van der Waals surface area (Å²) < 4.78 is 0. The Labute approximate surface area is 182 Å². The summed E-state index contributed by atoms with van der Waals surface area (Å²) in [4.78, 5) is 26.6. The van der Waals surface area contributed by atoms with Gasteiger partial charge in [0.15, 0.2) is 0 Å². The maximum Gasteiger partial charge on any atom is 0.323 e. The number of benzene rings is 3. The minimum atomic E-state index is -0.356. The molecule has 3 rings (SSSR count). The second-order valence-corrected chi connectivity index (χ2v) is 7.16. The molecule has 4 N–H and O–H groups in total. The number of para-hydroxylation sites is 2. The van der Waals surface area contributed by atoms with E-state index in [9.17, 15) is 9.59 Å². The molecule has 0 radical (unpaired) electrons. The van der Waals surface area contributed by atoms with Gasteiger partial charge in [0.1, 0.15) is 0 Å². The molecule has 7 nitrogen and oxygen atoms in total. The number of carbonyl (C=O) groups is 2. The van der Waals surface area contributed by atoms with Gasteiger partial charge in [0.2, 0.25) is 0 Å². The number of urea groups is 2. The van der Waals surface area contributed by atoms with Crippen LogP contribution in [-0.4, -0.2) is 31.7 Å². The van der Waals surface area contributed by atoms with Crippen molar-refractivity contribution in [3.8, 4) is 0 Å². The molecule has 0 aliphatic heterocycles. The average Bonchev–Trinajstić information content (AvgIpc) is 2.78. The number of amides is 4. The molecule has 0 aliphatic carbocycles. The Morgan fingerprint density at radius 3 is 1.90 bits per heavy atom. The Balaban J connectivity index is 1.48. The zero-order valence-electron chi connectivity index (χ0n) is 17.6. The van der Waals surface area contributed by atoms with Crippen molar-refractivity contribution in [1.82, 2.24) is 5.32 Å². The summed E-state index contributed by atoms with van der Waals surface area (Å²) in [7, 11) is 2.00. The highest BCUT2D eigenvalue weighted by atomic mass is 16.2. The predicted molar refractivity (Wildman–Crippen MR) is 127 cm³/mol. The molecule has 4 amide bonds. The highest BCUT2D eigenvalue weighted by Gasteiger charge is 2.11. The van der Waals surface area contributed by atoms with E-state index >= 15 is 0 Å². The lowest BCUT2D eigenvalue weighted by atomic mass is 10.2. The standard InChI is InChI=1S/C24H27N5O2/c1-18(29(2)22-14-7-4-8-15-22)17-25-23(30)27-20-12-9-13-21(16-20)28-24(31)26-19-10-5-3-6-11-19/h3-16,18H,17H2,1-2H3,(H2,25,27,30)(H2,26,28,31). The van der Waals surface area contributed by atoms with Gasteiger partial charge in [-0.05, 0) is 49.4 Å². The molecule has 3 aromatic carbocycles. The van der Waals surface area contributed by atoms with E-state index in [1.165, 1.54) is 0 Å². The first-order chi connectivity index (χ1) is 15.0. The molecule has 1 atom stereocenters. The fourth-order valence-corrected chi connectivity index (χ4v) is 2.96. The molecule has 7 heteroatoms. The van der Waals surface area contributed by atoms with Crippen LogP contribution in [0, 0.1) is 0 Å². The smallest absolute Gasteiger partial charge is 0.323 e. The summed E-state index contributed by atoms with van der Waals surface area (Å²) in [6, 6.07) is 25.6. The quantitative estimate of drug-likeness (QED) is 0.437. The Morgan fingerprint density at radius 2 is 1.26 bits per heavy atom. The van der Waals surface area contributed by atoms with Crippen molar-refractivity contribution in [2.24, 2.45) is 0 Å². The van der Waals surface area contributed by atoms with Crippen LogP contribution in [0.5, 0.6) is 0 Å². The highest BCUT2D eigenvalue weighted by Crippen LogP contribution is 2.16. The van der Waals surface area contributed by atoms with Crippen LogP contribution in [0.3, 0.4) is 0 Å². The molecular weight excluding hydrogens is 390 g/mol.